The van der Waals surface area contributed by atoms with Gasteiger partial charge >= 0.3 is 11.9 Å². The van der Waals surface area contributed by atoms with Gasteiger partial charge in [0.2, 0.25) is 0 Å². The highest BCUT2D eigenvalue weighted by atomic mass is 35.5. The molecule has 23 heavy (non-hydrogen) atoms. The van der Waals surface area contributed by atoms with Crippen LogP contribution in [0, 0.1) is 0 Å². The number of carbonyl (C=O) groups is 2. The quantitative estimate of drug-likeness (QED) is 0.613. The van der Waals surface area contributed by atoms with Crippen LogP contribution in [0.1, 0.15) is 20.7 Å². The molecule has 0 spiro atoms. The Labute approximate surface area is 142 Å². The number of benzene rings is 2. The van der Waals surface area contributed by atoms with E-state index in [1.54, 1.807) is 0 Å². The van der Waals surface area contributed by atoms with Gasteiger partial charge in [-0.3, -0.25) is 0 Å². The second-order valence-corrected chi connectivity index (χ2v) is 5.21. The Hall–Kier alpha value is -2.24. The zero-order chi connectivity index (χ0) is 17.0. The van der Waals surface area contributed by atoms with Crippen molar-refractivity contribution >= 4 is 35.1 Å². The molecule has 0 aliphatic heterocycles. The van der Waals surface area contributed by atoms with Gasteiger partial charge in [-0.15, -0.1) is 0 Å². The summed E-state index contributed by atoms with van der Waals surface area (Å²) in [5.41, 5.74) is 0.434. The average molecular weight is 355 g/mol. The highest BCUT2D eigenvalue weighted by molar-refractivity contribution is 6.36. The van der Waals surface area contributed by atoms with Gasteiger partial charge in [-0.05, 0) is 36.4 Å². The Balaban J connectivity index is 2.28. The first-order valence-corrected chi connectivity index (χ1v) is 7.15. The van der Waals surface area contributed by atoms with Crippen LogP contribution in [0.5, 0.6) is 11.5 Å². The summed E-state index contributed by atoms with van der Waals surface area (Å²) in [6, 6.07) is 8.74. The van der Waals surface area contributed by atoms with Gasteiger partial charge < -0.3 is 14.2 Å². The molecule has 2 rings (SSSR count). The molecule has 0 saturated heterocycles. The molecule has 0 heterocycles. The molecule has 0 bridgehead atoms. The average Bonchev–Trinajstić information content (AvgIpc) is 2.54. The Kier molecular flexibility index (Phi) is 5.47. The monoisotopic (exact) mass is 354 g/mol. The molecule has 0 fully saturated rings. The fraction of sp³-hybridized carbons (Fsp3) is 0.125. The number of ether oxygens (including phenoxy) is 3. The molecular weight excluding hydrogens is 343 g/mol. The lowest BCUT2D eigenvalue weighted by atomic mass is 10.2. The molecule has 0 saturated carbocycles. The molecule has 0 aliphatic carbocycles. The molecule has 0 aliphatic rings. The Morgan fingerprint density at radius 1 is 0.913 bits per heavy atom. The van der Waals surface area contributed by atoms with E-state index in [1.807, 2.05) is 0 Å². The minimum absolute atomic E-state index is 0.149. The van der Waals surface area contributed by atoms with Crippen LogP contribution in [0.3, 0.4) is 0 Å². The first-order chi connectivity index (χ1) is 11.0. The number of hydrogen-bond acceptors (Lipinski definition) is 5. The molecule has 0 atom stereocenters. The van der Waals surface area contributed by atoms with Crippen LogP contribution < -0.4 is 9.47 Å². The van der Waals surface area contributed by atoms with Crippen LogP contribution in [0.2, 0.25) is 10.0 Å². The first-order valence-electron chi connectivity index (χ1n) is 6.40. The van der Waals surface area contributed by atoms with Crippen LogP contribution in [0.15, 0.2) is 36.4 Å². The maximum atomic E-state index is 12.2. The summed E-state index contributed by atoms with van der Waals surface area (Å²) in [6.07, 6.45) is 0. The highest BCUT2D eigenvalue weighted by Gasteiger charge is 2.17. The van der Waals surface area contributed by atoms with Crippen molar-refractivity contribution in [2.24, 2.45) is 0 Å². The van der Waals surface area contributed by atoms with Crippen molar-refractivity contribution in [3.63, 3.8) is 0 Å². The maximum absolute atomic E-state index is 12.2. The highest BCUT2D eigenvalue weighted by Crippen LogP contribution is 2.30. The molecule has 0 N–H and O–H groups in total. The van der Waals surface area contributed by atoms with Gasteiger partial charge in [0.15, 0.2) is 11.5 Å². The summed E-state index contributed by atoms with van der Waals surface area (Å²) in [5.74, 6) is -0.833. The molecule has 0 unspecified atom stereocenters. The van der Waals surface area contributed by atoms with Crippen molar-refractivity contribution in [2.45, 2.75) is 0 Å². The van der Waals surface area contributed by atoms with Gasteiger partial charge in [-0.2, -0.15) is 0 Å². The zero-order valence-electron chi connectivity index (χ0n) is 12.3. The minimum Gasteiger partial charge on any atom is -0.493 e. The van der Waals surface area contributed by atoms with Crippen molar-refractivity contribution in [1.82, 2.24) is 0 Å². The lowest BCUT2D eigenvalue weighted by molar-refractivity contribution is 0.0600. The standard InChI is InChI=1S/C16H12Cl2O5/c1-21-14-7-9(15(19)22-2)3-6-13(14)23-16(20)11-5-4-10(17)8-12(11)18/h3-8H,1-2H3. The molecule has 2 aromatic rings. The lowest BCUT2D eigenvalue weighted by Crippen LogP contribution is -2.10. The lowest BCUT2D eigenvalue weighted by Gasteiger charge is -2.11. The third kappa shape index (κ3) is 3.94. The van der Waals surface area contributed by atoms with Gasteiger partial charge in [0.1, 0.15) is 0 Å². The van der Waals surface area contributed by atoms with Gasteiger partial charge in [0.05, 0.1) is 30.4 Å². The molecule has 0 radical (unpaired) electrons. The van der Waals surface area contributed by atoms with Crippen LogP contribution in [-0.2, 0) is 4.74 Å². The Morgan fingerprint density at radius 3 is 2.26 bits per heavy atom. The van der Waals surface area contributed by atoms with Crippen LogP contribution in [-0.4, -0.2) is 26.2 Å². The van der Waals surface area contributed by atoms with E-state index in [4.69, 9.17) is 32.7 Å². The summed E-state index contributed by atoms with van der Waals surface area (Å²) in [4.78, 5) is 23.7. The summed E-state index contributed by atoms with van der Waals surface area (Å²) in [7, 11) is 2.66. The van der Waals surface area contributed by atoms with Crippen molar-refractivity contribution in [2.75, 3.05) is 14.2 Å². The first kappa shape index (κ1) is 17.1. The van der Waals surface area contributed by atoms with E-state index in [-0.39, 0.29) is 27.6 Å². The van der Waals surface area contributed by atoms with Gasteiger partial charge in [0, 0.05) is 5.02 Å². The van der Waals surface area contributed by atoms with Crippen molar-refractivity contribution < 1.29 is 23.8 Å². The SMILES string of the molecule is COC(=O)c1ccc(OC(=O)c2ccc(Cl)cc2Cl)c(OC)c1. The number of rotatable bonds is 4. The predicted molar refractivity (Wildman–Crippen MR) is 85.8 cm³/mol. The summed E-state index contributed by atoms with van der Waals surface area (Å²) < 4.78 is 15.0. The maximum Gasteiger partial charge on any atom is 0.345 e. The third-order valence-corrected chi connectivity index (χ3v) is 3.49. The fourth-order valence-electron chi connectivity index (χ4n) is 1.81. The van der Waals surface area contributed by atoms with Crippen molar-refractivity contribution in [1.29, 1.82) is 0 Å². The van der Waals surface area contributed by atoms with E-state index < -0.39 is 11.9 Å². The van der Waals surface area contributed by atoms with E-state index >= 15 is 0 Å². The largest absolute Gasteiger partial charge is 0.493 e. The van der Waals surface area contributed by atoms with E-state index in [0.29, 0.717) is 5.02 Å². The van der Waals surface area contributed by atoms with E-state index in [9.17, 15) is 9.59 Å². The summed E-state index contributed by atoms with van der Waals surface area (Å²) in [5, 5.41) is 0.583. The van der Waals surface area contributed by atoms with E-state index in [1.165, 1.54) is 50.6 Å². The van der Waals surface area contributed by atoms with Crippen LogP contribution in [0.4, 0.5) is 0 Å². The third-order valence-electron chi connectivity index (χ3n) is 2.94. The van der Waals surface area contributed by atoms with E-state index in [2.05, 4.69) is 4.74 Å². The fourth-order valence-corrected chi connectivity index (χ4v) is 2.29. The zero-order valence-corrected chi connectivity index (χ0v) is 13.8. The van der Waals surface area contributed by atoms with E-state index in [0.717, 1.165) is 0 Å². The number of halogens is 2. The molecule has 0 aromatic heterocycles. The van der Waals surface area contributed by atoms with Crippen LogP contribution in [0.25, 0.3) is 0 Å². The molecule has 2 aromatic carbocycles. The second-order valence-electron chi connectivity index (χ2n) is 4.37. The number of carbonyl (C=O) groups excluding carboxylic acids is 2. The number of esters is 2. The minimum atomic E-state index is -0.671. The molecule has 120 valence electrons. The number of hydrogen-bond donors (Lipinski definition) is 0. The number of methoxy groups -OCH3 is 2. The van der Waals surface area contributed by atoms with Gasteiger partial charge in [0.25, 0.3) is 0 Å². The Bertz CT molecular complexity index is 758. The van der Waals surface area contributed by atoms with Crippen LogP contribution >= 0.6 is 23.2 Å². The normalized spacial score (nSPS) is 10.1. The topological polar surface area (TPSA) is 61.8 Å². The molecule has 0 amide bonds. The molecule has 5 nitrogen and oxygen atoms in total. The van der Waals surface area contributed by atoms with Gasteiger partial charge in [-0.1, -0.05) is 23.2 Å². The molecular formula is C16H12Cl2O5. The Morgan fingerprint density at radius 2 is 1.65 bits per heavy atom. The smallest absolute Gasteiger partial charge is 0.345 e. The van der Waals surface area contributed by atoms with Crippen molar-refractivity contribution in [3.8, 4) is 11.5 Å². The second kappa shape index (κ2) is 7.35. The van der Waals surface area contributed by atoms with Gasteiger partial charge in [-0.25, -0.2) is 9.59 Å². The summed E-state index contributed by atoms with van der Waals surface area (Å²) >= 11 is 11.8. The predicted octanol–water partition coefficient (Wildman–Crippen LogP) is 4.01. The molecule has 7 heteroatoms. The summed E-state index contributed by atoms with van der Waals surface area (Å²) in [6.45, 7) is 0. The van der Waals surface area contributed by atoms with Crippen molar-refractivity contribution in [3.05, 3.63) is 57.6 Å².